The molecule has 1 aliphatic carbocycles. The molecule has 1 atom stereocenters. The van der Waals surface area contributed by atoms with Crippen molar-refractivity contribution in [3.8, 4) is 0 Å². The fraction of sp³-hybridized carbons (Fsp3) is 0.654. The highest BCUT2D eigenvalue weighted by Gasteiger charge is 2.52. The van der Waals surface area contributed by atoms with E-state index in [4.69, 9.17) is 4.74 Å². The summed E-state index contributed by atoms with van der Waals surface area (Å²) >= 11 is 0. The van der Waals surface area contributed by atoms with Crippen LogP contribution < -0.4 is 5.32 Å². The predicted octanol–water partition coefficient (Wildman–Crippen LogP) is 5.62. The van der Waals surface area contributed by atoms with Gasteiger partial charge in [-0.3, -0.25) is 9.59 Å². The molecule has 1 aromatic carbocycles. The van der Waals surface area contributed by atoms with Crippen LogP contribution in [0.15, 0.2) is 12.1 Å². The van der Waals surface area contributed by atoms with Gasteiger partial charge in [0.2, 0.25) is 0 Å². The highest BCUT2D eigenvalue weighted by molar-refractivity contribution is 5.98. The quantitative estimate of drug-likeness (QED) is 0.214. The van der Waals surface area contributed by atoms with Crippen LogP contribution in [0.5, 0.6) is 0 Å². The molecule has 3 N–H and O–H groups in total. The Bertz CT molecular complexity index is 862. The molecule has 7 nitrogen and oxygen atoms in total. The van der Waals surface area contributed by atoms with E-state index in [2.05, 4.69) is 12.2 Å². The summed E-state index contributed by atoms with van der Waals surface area (Å²) in [5, 5.41) is 20.9. The lowest BCUT2D eigenvalue weighted by Crippen LogP contribution is -2.40. The first-order valence-corrected chi connectivity index (χ1v) is 12.6. The Morgan fingerprint density at radius 2 is 1.49 bits per heavy atom. The smallest absolute Gasteiger partial charge is 0.407 e. The van der Waals surface area contributed by atoms with Gasteiger partial charge in [-0.25, -0.2) is 13.6 Å². The maximum atomic E-state index is 14.5. The molecule has 1 aromatic rings. The molecule has 1 fully saturated rings. The summed E-state index contributed by atoms with van der Waals surface area (Å²) < 4.78 is 33.9. The maximum absolute atomic E-state index is 14.5. The number of carbonyl (C=O) groups excluding carboxylic acids is 1. The van der Waals surface area contributed by atoms with E-state index in [0.29, 0.717) is 12.0 Å². The van der Waals surface area contributed by atoms with E-state index in [1.54, 1.807) is 6.07 Å². The number of halogens is 2. The van der Waals surface area contributed by atoms with Crippen molar-refractivity contribution >= 4 is 18.0 Å². The van der Waals surface area contributed by atoms with Crippen molar-refractivity contribution in [2.24, 2.45) is 5.41 Å². The zero-order chi connectivity index (χ0) is 25.8. The summed E-state index contributed by atoms with van der Waals surface area (Å²) in [7, 11) is 0. The molecule has 0 saturated heterocycles. The van der Waals surface area contributed by atoms with Gasteiger partial charge in [-0.15, -0.1) is 0 Å². The average molecular weight is 498 g/mol. The molecule has 1 unspecified atom stereocenters. The number of aryl methyl sites for hydroxylation is 1. The molecule has 0 aromatic heterocycles. The third-order valence-corrected chi connectivity index (χ3v) is 6.80. The SMILES string of the molecule is CCCCCCCCCCc1ccc(CCOC(=O)NC2CCC(C(=O)O)(C(=O)O)C2)c(F)c1F. The van der Waals surface area contributed by atoms with Crippen LogP contribution in [0.1, 0.15) is 88.7 Å². The Morgan fingerprint density at radius 1 is 0.943 bits per heavy atom. The predicted molar refractivity (Wildman–Crippen MR) is 126 cm³/mol. The van der Waals surface area contributed by atoms with Gasteiger partial charge in [0.05, 0.1) is 6.61 Å². The fourth-order valence-electron chi connectivity index (χ4n) is 4.58. The lowest BCUT2D eigenvalue weighted by molar-refractivity contribution is -0.164. The minimum atomic E-state index is -1.92. The molecule has 2 rings (SSSR count). The first kappa shape index (κ1) is 28.5. The van der Waals surface area contributed by atoms with Crippen molar-refractivity contribution in [2.45, 2.75) is 96.4 Å². The fourth-order valence-corrected chi connectivity index (χ4v) is 4.58. The van der Waals surface area contributed by atoms with E-state index < -0.39 is 41.1 Å². The number of unbranched alkanes of at least 4 members (excludes halogenated alkanes) is 7. The molecule has 35 heavy (non-hydrogen) atoms. The van der Waals surface area contributed by atoms with Gasteiger partial charge in [0.1, 0.15) is 0 Å². The van der Waals surface area contributed by atoms with Gasteiger partial charge in [0, 0.05) is 12.5 Å². The zero-order valence-electron chi connectivity index (χ0n) is 20.4. The van der Waals surface area contributed by atoms with Crippen LogP contribution in [0.4, 0.5) is 13.6 Å². The molecule has 1 saturated carbocycles. The van der Waals surface area contributed by atoms with E-state index in [1.165, 1.54) is 38.2 Å². The normalized spacial score (nSPS) is 16.7. The number of amides is 1. The van der Waals surface area contributed by atoms with Crippen molar-refractivity contribution in [3.05, 3.63) is 34.9 Å². The first-order chi connectivity index (χ1) is 16.7. The Balaban J connectivity index is 1.73. The zero-order valence-corrected chi connectivity index (χ0v) is 20.4. The lowest BCUT2D eigenvalue weighted by Gasteiger charge is -2.19. The second-order valence-electron chi connectivity index (χ2n) is 9.40. The number of benzene rings is 1. The Kier molecular flexibility index (Phi) is 11.4. The van der Waals surface area contributed by atoms with Gasteiger partial charge in [-0.2, -0.15) is 0 Å². The van der Waals surface area contributed by atoms with Gasteiger partial charge < -0.3 is 20.3 Å². The standard InChI is InChI=1S/C26H37F2NO6/c1-2-3-4-5-6-7-8-9-10-18-11-12-19(22(28)21(18)27)14-16-35-25(34)29-20-13-15-26(17-20,23(30)31)24(32)33/h11-12,20H,2-10,13-17H2,1H3,(H,29,34)(H,30,31)(H,32,33). The number of rotatable bonds is 15. The van der Waals surface area contributed by atoms with Crippen molar-refractivity contribution < 1.29 is 38.1 Å². The molecule has 0 aliphatic heterocycles. The van der Waals surface area contributed by atoms with Crippen LogP contribution >= 0.6 is 0 Å². The van der Waals surface area contributed by atoms with Gasteiger partial charge in [-0.05, 0) is 43.2 Å². The van der Waals surface area contributed by atoms with E-state index >= 15 is 0 Å². The number of carboxylic acids is 2. The largest absolute Gasteiger partial charge is 0.480 e. The molecule has 9 heteroatoms. The monoisotopic (exact) mass is 497 g/mol. The van der Waals surface area contributed by atoms with Crippen molar-refractivity contribution in [1.29, 1.82) is 0 Å². The summed E-state index contributed by atoms with van der Waals surface area (Å²) in [6.45, 7) is 1.98. The summed E-state index contributed by atoms with van der Waals surface area (Å²) in [6.07, 6.45) is 8.45. The minimum absolute atomic E-state index is 0.0208. The van der Waals surface area contributed by atoms with Gasteiger partial charge >= 0.3 is 18.0 Å². The third kappa shape index (κ3) is 8.18. The topological polar surface area (TPSA) is 113 Å². The van der Waals surface area contributed by atoms with Crippen LogP contribution in [0.2, 0.25) is 0 Å². The van der Waals surface area contributed by atoms with Gasteiger partial charge in [0.25, 0.3) is 0 Å². The molecule has 196 valence electrons. The van der Waals surface area contributed by atoms with Crippen LogP contribution in [0.3, 0.4) is 0 Å². The van der Waals surface area contributed by atoms with Crippen LogP contribution in [0, 0.1) is 17.0 Å². The third-order valence-electron chi connectivity index (χ3n) is 6.80. The van der Waals surface area contributed by atoms with E-state index in [-0.39, 0.29) is 37.9 Å². The Hall–Kier alpha value is -2.71. The number of hydrogen-bond donors (Lipinski definition) is 3. The molecular formula is C26H37F2NO6. The van der Waals surface area contributed by atoms with Crippen LogP contribution in [-0.2, 0) is 27.2 Å². The van der Waals surface area contributed by atoms with Gasteiger partial charge in [0.15, 0.2) is 17.0 Å². The average Bonchev–Trinajstić information content (AvgIpc) is 3.25. The second-order valence-corrected chi connectivity index (χ2v) is 9.40. The molecule has 1 amide bonds. The van der Waals surface area contributed by atoms with Crippen LogP contribution in [0.25, 0.3) is 0 Å². The number of carboxylic acid groups (broad SMARTS) is 2. The number of alkyl carbamates (subject to hydrolysis) is 1. The number of aliphatic carboxylic acids is 2. The Morgan fingerprint density at radius 3 is 2.03 bits per heavy atom. The molecule has 0 heterocycles. The minimum Gasteiger partial charge on any atom is -0.480 e. The molecule has 0 radical (unpaired) electrons. The number of carbonyl (C=O) groups is 3. The number of ether oxygens (including phenoxy) is 1. The maximum Gasteiger partial charge on any atom is 0.407 e. The molecule has 0 bridgehead atoms. The molecule has 1 aliphatic rings. The summed E-state index contributed by atoms with van der Waals surface area (Å²) in [6, 6.07) is 2.43. The van der Waals surface area contributed by atoms with Gasteiger partial charge in [-0.1, -0.05) is 64.0 Å². The summed E-state index contributed by atoms with van der Waals surface area (Å²) in [5.41, 5.74) is -1.47. The first-order valence-electron chi connectivity index (χ1n) is 12.6. The molecular weight excluding hydrogens is 460 g/mol. The lowest BCUT2D eigenvalue weighted by atomic mass is 9.86. The highest BCUT2D eigenvalue weighted by Crippen LogP contribution is 2.39. The van der Waals surface area contributed by atoms with E-state index in [0.717, 1.165) is 19.3 Å². The Labute approximate surface area is 205 Å². The van der Waals surface area contributed by atoms with E-state index in [1.807, 2.05) is 0 Å². The second kappa shape index (κ2) is 14.0. The molecule has 0 spiro atoms. The highest BCUT2D eigenvalue weighted by atomic mass is 19.2. The van der Waals surface area contributed by atoms with Crippen molar-refractivity contribution in [3.63, 3.8) is 0 Å². The van der Waals surface area contributed by atoms with Crippen molar-refractivity contribution in [2.75, 3.05) is 6.61 Å². The van der Waals surface area contributed by atoms with Crippen LogP contribution in [-0.4, -0.2) is 40.9 Å². The summed E-state index contributed by atoms with van der Waals surface area (Å²) in [4.78, 5) is 34.7. The summed E-state index contributed by atoms with van der Waals surface area (Å²) in [5.74, 6) is -4.67. The van der Waals surface area contributed by atoms with E-state index in [9.17, 15) is 33.4 Å². The number of nitrogens with one attached hydrogen (secondary N) is 1. The van der Waals surface area contributed by atoms with Crippen molar-refractivity contribution in [1.82, 2.24) is 5.32 Å². The number of hydrogen-bond acceptors (Lipinski definition) is 4.